The summed E-state index contributed by atoms with van der Waals surface area (Å²) in [5.74, 6) is -1.28. The van der Waals surface area contributed by atoms with Gasteiger partial charge in [0.1, 0.15) is 0 Å². The van der Waals surface area contributed by atoms with E-state index in [1.807, 2.05) is 0 Å². The smallest absolute Gasteiger partial charge is 0.255 e. The molecular formula is C13H15ClF2N2O3. The van der Waals surface area contributed by atoms with E-state index in [-0.39, 0.29) is 17.1 Å². The van der Waals surface area contributed by atoms with Crippen LogP contribution in [0.2, 0.25) is 5.02 Å². The van der Waals surface area contributed by atoms with E-state index in [2.05, 4.69) is 5.32 Å². The van der Waals surface area contributed by atoms with Gasteiger partial charge in [-0.25, -0.2) is 8.78 Å². The molecule has 1 aromatic carbocycles. The lowest BCUT2D eigenvalue weighted by atomic mass is 10.2. The molecule has 0 aliphatic carbocycles. The van der Waals surface area contributed by atoms with E-state index < -0.39 is 37.9 Å². The van der Waals surface area contributed by atoms with Crippen LogP contribution in [0.4, 0.5) is 8.78 Å². The molecule has 0 spiro atoms. The van der Waals surface area contributed by atoms with Gasteiger partial charge in [0.05, 0.1) is 30.3 Å². The average molecular weight is 321 g/mol. The minimum atomic E-state index is -2.71. The van der Waals surface area contributed by atoms with Gasteiger partial charge in [-0.3, -0.25) is 9.59 Å². The first kappa shape index (κ1) is 17.3. The molecule has 0 atom stereocenters. The Labute approximate surface area is 125 Å². The Morgan fingerprint density at radius 1 is 1.33 bits per heavy atom. The molecule has 0 radical (unpaired) electrons. The van der Waals surface area contributed by atoms with E-state index in [1.165, 1.54) is 12.1 Å². The predicted octanol–water partition coefficient (Wildman–Crippen LogP) is 1.16. The third-order valence-electron chi connectivity index (χ3n) is 2.60. The van der Waals surface area contributed by atoms with Crippen LogP contribution in [-0.2, 0) is 4.79 Å². The molecule has 21 heavy (non-hydrogen) atoms. The monoisotopic (exact) mass is 320 g/mol. The van der Waals surface area contributed by atoms with E-state index in [0.29, 0.717) is 0 Å². The lowest BCUT2D eigenvalue weighted by molar-refractivity contribution is -0.132. The van der Waals surface area contributed by atoms with Crippen LogP contribution in [0.25, 0.3) is 0 Å². The summed E-state index contributed by atoms with van der Waals surface area (Å²) in [6, 6.07) is 6.26. The lowest BCUT2D eigenvalue weighted by Crippen LogP contribution is -2.43. The van der Waals surface area contributed by atoms with E-state index in [4.69, 9.17) is 16.7 Å². The molecule has 0 bridgehead atoms. The maximum Gasteiger partial charge on any atom is 0.255 e. The second kappa shape index (κ2) is 8.53. The normalized spacial score (nSPS) is 10.5. The van der Waals surface area contributed by atoms with Gasteiger partial charge in [-0.05, 0) is 12.1 Å². The Morgan fingerprint density at radius 2 is 2.00 bits per heavy atom. The zero-order valence-corrected chi connectivity index (χ0v) is 11.8. The number of nitrogens with one attached hydrogen (secondary N) is 1. The van der Waals surface area contributed by atoms with E-state index >= 15 is 0 Å². The fourth-order valence-electron chi connectivity index (χ4n) is 1.61. The number of nitrogens with zero attached hydrogens (tertiary/aromatic N) is 1. The van der Waals surface area contributed by atoms with Crippen molar-refractivity contribution in [2.75, 3.05) is 26.2 Å². The van der Waals surface area contributed by atoms with Gasteiger partial charge >= 0.3 is 0 Å². The molecule has 0 saturated heterocycles. The molecule has 0 unspecified atom stereocenters. The molecule has 5 nitrogen and oxygen atoms in total. The highest BCUT2D eigenvalue weighted by molar-refractivity contribution is 6.33. The van der Waals surface area contributed by atoms with Crippen molar-refractivity contribution >= 4 is 23.4 Å². The zero-order valence-electron chi connectivity index (χ0n) is 11.1. The number of benzene rings is 1. The van der Waals surface area contributed by atoms with E-state index in [1.54, 1.807) is 12.1 Å². The Morgan fingerprint density at radius 3 is 2.57 bits per heavy atom. The molecule has 0 saturated carbocycles. The molecule has 0 aliphatic heterocycles. The number of carbonyl (C=O) groups excluding carboxylic acids is 2. The molecule has 0 heterocycles. The van der Waals surface area contributed by atoms with Crippen molar-refractivity contribution in [3.63, 3.8) is 0 Å². The topological polar surface area (TPSA) is 69.6 Å². The van der Waals surface area contributed by atoms with Crippen LogP contribution in [0.15, 0.2) is 24.3 Å². The SMILES string of the molecule is O=C(NCC(=O)N(CCO)CC(F)F)c1ccccc1Cl. The molecule has 1 rings (SSSR count). The van der Waals surface area contributed by atoms with Crippen molar-refractivity contribution in [1.29, 1.82) is 0 Å². The van der Waals surface area contributed by atoms with Gasteiger partial charge in [-0.15, -0.1) is 0 Å². The fourth-order valence-corrected chi connectivity index (χ4v) is 1.83. The van der Waals surface area contributed by atoms with Crippen LogP contribution in [-0.4, -0.2) is 54.5 Å². The Kier molecular flexibility index (Phi) is 7.04. The van der Waals surface area contributed by atoms with Crippen LogP contribution in [0.5, 0.6) is 0 Å². The highest BCUT2D eigenvalue weighted by Crippen LogP contribution is 2.14. The first-order valence-corrected chi connectivity index (χ1v) is 6.53. The van der Waals surface area contributed by atoms with Crippen molar-refractivity contribution in [2.45, 2.75) is 6.43 Å². The van der Waals surface area contributed by atoms with Gasteiger partial charge in [-0.1, -0.05) is 23.7 Å². The standard InChI is InChI=1S/C13H15ClF2N2O3/c14-10-4-2-1-3-9(10)13(21)17-7-12(20)18(5-6-19)8-11(15)16/h1-4,11,19H,5-8H2,(H,17,21). The Bertz CT molecular complexity index is 500. The molecule has 2 N–H and O–H groups in total. The number of hydrogen-bond donors (Lipinski definition) is 2. The summed E-state index contributed by atoms with van der Waals surface area (Å²) < 4.78 is 24.6. The molecule has 8 heteroatoms. The van der Waals surface area contributed by atoms with Crippen LogP contribution in [0, 0.1) is 0 Å². The maximum atomic E-state index is 12.3. The maximum absolute atomic E-state index is 12.3. The molecule has 116 valence electrons. The number of hydrogen-bond acceptors (Lipinski definition) is 3. The third kappa shape index (κ3) is 5.65. The summed E-state index contributed by atoms with van der Waals surface area (Å²) in [5, 5.41) is 11.3. The molecule has 0 fully saturated rings. The van der Waals surface area contributed by atoms with E-state index in [9.17, 15) is 18.4 Å². The summed E-state index contributed by atoms with van der Waals surface area (Å²) in [6.07, 6.45) is -2.71. The second-order valence-electron chi connectivity index (χ2n) is 4.12. The number of aliphatic hydroxyl groups excluding tert-OH is 1. The number of rotatable bonds is 7. The van der Waals surface area contributed by atoms with Crippen molar-refractivity contribution in [3.05, 3.63) is 34.9 Å². The predicted molar refractivity (Wildman–Crippen MR) is 73.5 cm³/mol. The lowest BCUT2D eigenvalue weighted by Gasteiger charge is -2.21. The van der Waals surface area contributed by atoms with Crippen LogP contribution < -0.4 is 5.32 Å². The number of aliphatic hydroxyl groups is 1. The average Bonchev–Trinajstić information content (AvgIpc) is 2.44. The summed E-state index contributed by atoms with van der Waals surface area (Å²) in [6.45, 7) is -1.89. The van der Waals surface area contributed by atoms with Crippen LogP contribution in [0.1, 0.15) is 10.4 Å². The van der Waals surface area contributed by atoms with Crippen molar-refractivity contribution in [3.8, 4) is 0 Å². The minimum absolute atomic E-state index is 0.189. The molecule has 2 amide bonds. The number of halogens is 3. The molecule has 0 aromatic heterocycles. The molecule has 1 aromatic rings. The quantitative estimate of drug-likeness (QED) is 0.792. The van der Waals surface area contributed by atoms with Crippen LogP contribution >= 0.6 is 11.6 Å². The summed E-state index contributed by atoms with van der Waals surface area (Å²) >= 11 is 5.83. The molecule has 0 aliphatic rings. The number of carbonyl (C=O) groups is 2. The Balaban J connectivity index is 2.58. The van der Waals surface area contributed by atoms with E-state index in [0.717, 1.165) is 4.90 Å². The highest BCUT2D eigenvalue weighted by atomic mass is 35.5. The minimum Gasteiger partial charge on any atom is -0.395 e. The Hall–Kier alpha value is -1.73. The van der Waals surface area contributed by atoms with Gasteiger partial charge in [0.2, 0.25) is 5.91 Å². The summed E-state index contributed by atoms with van der Waals surface area (Å²) in [4.78, 5) is 24.3. The zero-order chi connectivity index (χ0) is 15.8. The highest BCUT2D eigenvalue weighted by Gasteiger charge is 2.19. The van der Waals surface area contributed by atoms with Gasteiger partial charge in [-0.2, -0.15) is 0 Å². The number of alkyl halides is 2. The first-order chi connectivity index (χ1) is 9.95. The van der Waals surface area contributed by atoms with Crippen molar-refractivity contribution in [2.24, 2.45) is 0 Å². The summed E-state index contributed by atoms with van der Waals surface area (Å²) in [7, 11) is 0. The third-order valence-corrected chi connectivity index (χ3v) is 2.93. The largest absolute Gasteiger partial charge is 0.395 e. The van der Waals surface area contributed by atoms with Crippen molar-refractivity contribution in [1.82, 2.24) is 10.2 Å². The second-order valence-corrected chi connectivity index (χ2v) is 4.52. The van der Waals surface area contributed by atoms with Gasteiger partial charge in [0, 0.05) is 6.54 Å². The fraction of sp³-hybridized carbons (Fsp3) is 0.385. The molecular weight excluding hydrogens is 306 g/mol. The first-order valence-electron chi connectivity index (χ1n) is 6.15. The van der Waals surface area contributed by atoms with Crippen LogP contribution in [0.3, 0.4) is 0 Å². The summed E-state index contributed by atoms with van der Waals surface area (Å²) in [5.41, 5.74) is 0.189. The van der Waals surface area contributed by atoms with Gasteiger partial charge < -0.3 is 15.3 Å². The number of amides is 2. The van der Waals surface area contributed by atoms with Gasteiger partial charge in [0.15, 0.2) is 0 Å². The van der Waals surface area contributed by atoms with Gasteiger partial charge in [0.25, 0.3) is 12.3 Å². The van der Waals surface area contributed by atoms with Crippen molar-refractivity contribution < 1.29 is 23.5 Å².